The molecular weight excluding hydrogens is 312 g/mol. The van der Waals surface area contributed by atoms with Crippen LogP contribution in [-0.2, 0) is 25.7 Å². The fourth-order valence-corrected chi connectivity index (χ4v) is 2.15. The minimum absolute atomic E-state index is 0.0448. The molecule has 0 fully saturated rings. The number of nitrogens with one attached hydrogen (secondary N) is 1. The van der Waals surface area contributed by atoms with Gasteiger partial charge in [0.05, 0.1) is 0 Å². The van der Waals surface area contributed by atoms with Gasteiger partial charge in [0.15, 0.2) is 0 Å². The van der Waals surface area contributed by atoms with E-state index in [9.17, 15) is 14.4 Å². The van der Waals surface area contributed by atoms with Crippen LogP contribution >= 0.6 is 0 Å². The Morgan fingerprint density at radius 3 is 2.46 bits per heavy atom. The van der Waals surface area contributed by atoms with E-state index in [1.807, 2.05) is 30.3 Å². The molecule has 0 aliphatic heterocycles. The van der Waals surface area contributed by atoms with Crippen LogP contribution in [0.25, 0.3) is 0 Å². The fraction of sp³-hybridized carbons (Fsp3) is 0.471. The highest BCUT2D eigenvalue weighted by Gasteiger charge is 2.20. The number of rotatable bonds is 10. The third kappa shape index (κ3) is 7.23. The Balaban J connectivity index is 2.52. The van der Waals surface area contributed by atoms with Crippen LogP contribution in [-0.4, -0.2) is 54.1 Å². The summed E-state index contributed by atoms with van der Waals surface area (Å²) in [6.07, 6.45) is 0.237. The molecule has 7 heteroatoms. The maximum Gasteiger partial charge on any atom is 0.326 e. The quantitative estimate of drug-likeness (QED) is 0.665. The van der Waals surface area contributed by atoms with Crippen LogP contribution in [0.3, 0.4) is 0 Å². The molecule has 132 valence electrons. The molecule has 2 N–H and O–H groups in total. The van der Waals surface area contributed by atoms with Crippen LogP contribution < -0.4 is 5.32 Å². The number of benzene rings is 1. The Kier molecular flexibility index (Phi) is 8.49. The van der Waals surface area contributed by atoms with E-state index >= 15 is 0 Å². The normalized spacial score (nSPS) is 11.6. The number of carboxylic acid groups (broad SMARTS) is 1. The van der Waals surface area contributed by atoms with Crippen molar-refractivity contribution in [2.24, 2.45) is 0 Å². The molecule has 0 heterocycles. The number of carboxylic acids is 1. The first-order valence-corrected chi connectivity index (χ1v) is 7.74. The van der Waals surface area contributed by atoms with Crippen molar-refractivity contribution in [2.75, 3.05) is 20.3 Å². The second kappa shape index (κ2) is 10.4. The van der Waals surface area contributed by atoms with Crippen molar-refractivity contribution in [1.82, 2.24) is 10.2 Å². The lowest BCUT2D eigenvalue weighted by molar-refractivity contribution is -0.142. The highest BCUT2D eigenvalue weighted by atomic mass is 16.5. The molecule has 0 radical (unpaired) electrons. The molecule has 1 aromatic rings. The minimum atomic E-state index is -1.10. The van der Waals surface area contributed by atoms with Gasteiger partial charge in [-0.3, -0.25) is 9.59 Å². The number of amides is 2. The summed E-state index contributed by atoms with van der Waals surface area (Å²) in [6.45, 7) is 2.33. The average Bonchev–Trinajstić information content (AvgIpc) is 2.55. The van der Waals surface area contributed by atoms with Crippen molar-refractivity contribution in [3.63, 3.8) is 0 Å². The highest BCUT2D eigenvalue weighted by molar-refractivity contribution is 5.84. The van der Waals surface area contributed by atoms with E-state index in [0.717, 1.165) is 5.56 Å². The molecule has 1 aromatic carbocycles. The third-order valence-electron chi connectivity index (χ3n) is 3.51. The maximum atomic E-state index is 11.9. The molecule has 1 unspecified atom stereocenters. The molecule has 7 nitrogen and oxygen atoms in total. The zero-order chi connectivity index (χ0) is 17.9. The van der Waals surface area contributed by atoms with E-state index in [0.29, 0.717) is 6.54 Å². The van der Waals surface area contributed by atoms with Gasteiger partial charge in [0.25, 0.3) is 0 Å². The van der Waals surface area contributed by atoms with Crippen LogP contribution in [0.15, 0.2) is 30.3 Å². The average molecular weight is 336 g/mol. The second-order valence-corrected chi connectivity index (χ2v) is 5.42. The number of nitrogens with zero attached hydrogens (tertiary/aromatic N) is 1. The molecule has 0 aliphatic rings. The number of ether oxygens (including phenoxy) is 1. The van der Waals surface area contributed by atoms with E-state index in [4.69, 9.17) is 9.84 Å². The first-order valence-electron chi connectivity index (χ1n) is 7.74. The smallest absolute Gasteiger partial charge is 0.326 e. The SMILES string of the molecule is COCCC(NC(=O)CCN(Cc1ccccc1)C(C)=O)C(=O)O. The van der Waals surface area contributed by atoms with Crippen LogP contribution in [0.5, 0.6) is 0 Å². The molecule has 1 atom stereocenters. The van der Waals surface area contributed by atoms with E-state index in [1.54, 1.807) is 4.90 Å². The van der Waals surface area contributed by atoms with Gasteiger partial charge in [0.1, 0.15) is 6.04 Å². The summed E-state index contributed by atoms with van der Waals surface area (Å²) in [6, 6.07) is 8.47. The summed E-state index contributed by atoms with van der Waals surface area (Å²) in [4.78, 5) is 36.3. The lowest BCUT2D eigenvalue weighted by atomic mass is 10.2. The Hall–Kier alpha value is -2.41. The number of carbonyl (C=O) groups excluding carboxylic acids is 2. The summed E-state index contributed by atoms with van der Waals surface area (Å²) in [5, 5.41) is 11.5. The number of aliphatic carboxylic acids is 1. The van der Waals surface area contributed by atoms with Crippen molar-refractivity contribution in [3.8, 4) is 0 Å². The number of methoxy groups -OCH3 is 1. The summed E-state index contributed by atoms with van der Waals surface area (Å²) in [5.74, 6) is -1.65. The predicted octanol–water partition coefficient (Wildman–Crippen LogP) is 1.03. The van der Waals surface area contributed by atoms with E-state index < -0.39 is 17.9 Å². The van der Waals surface area contributed by atoms with Crippen molar-refractivity contribution in [1.29, 1.82) is 0 Å². The number of hydrogen-bond acceptors (Lipinski definition) is 4. The van der Waals surface area contributed by atoms with Gasteiger partial charge in [-0.25, -0.2) is 4.79 Å². The first-order chi connectivity index (χ1) is 11.4. The topological polar surface area (TPSA) is 95.9 Å². The van der Waals surface area contributed by atoms with Crippen LogP contribution in [0.2, 0.25) is 0 Å². The second-order valence-electron chi connectivity index (χ2n) is 5.42. The molecule has 0 saturated carbocycles. The summed E-state index contributed by atoms with van der Waals surface area (Å²) >= 11 is 0. The lowest BCUT2D eigenvalue weighted by Gasteiger charge is -2.21. The van der Waals surface area contributed by atoms with Gasteiger partial charge < -0.3 is 20.1 Å². The van der Waals surface area contributed by atoms with Crippen LogP contribution in [0.1, 0.15) is 25.3 Å². The Morgan fingerprint density at radius 1 is 1.25 bits per heavy atom. The van der Waals surface area contributed by atoms with E-state index in [-0.39, 0.29) is 31.9 Å². The van der Waals surface area contributed by atoms with Gasteiger partial charge in [0, 0.05) is 46.6 Å². The standard InChI is InChI=1S/C17H24N2O5/c1-13(20)19(12-14-6-4-3-5-7-14)10-8-16(21)18-15(17(22)23)9-11-24-2/h3-7,15H,8-12H2,1-2H3,(H,18,21)(H,22,23). The zero-order valence-electron chi connectivity index (χ0n) is 14.0. The van der Waals surface area contributed by atoms with Crippen molar-refractivity contribution < 1.29 is 24.2 Å². The summed E-state index contributed by atoms with van der Waals surface area (Å²) in [5.41, 5.74) is 0.969. The molecule has 2 amide bonds. The largest absolute Gasteiger partial charge is 0.480 e. The van der Waals surface area contributed by atoms with E-state index in [1.165, 1.54) is 14.0 Å². The zero-order valence-corrected chi connectivity index (χ0v) is 14.0. The third-order valence-corrected chi connectivity index (χ3v) is 3.51. The Morgan fingerprint density at radius 2 is 1.92 bits per heavy atom. The number of carbonyl (C=O) groups is 3. The molecule has 0 bridgehead atoms. The molecule has 24 heavy (non-hydrogen) atoms. The minimum Gasteiger partial charge on any atom is -0.480 e. The molecule has 0 spiro atoms. The van der Waals surface area contributed by atoms with Gasteiger partial charge in [-0.2, -0.15) is 0 Å². The van der Waals surface area contributed by atoms with Crippen LogP contribution in [0.4, 0.5) is 0 Å². The maximum absolute atomic E-state index is 11.9. The van der Waals surface area contributed by atoms with Gasteiger partial charge >= 0.3 is 5.97 Å². The van der Waals surface area contributed by atoms with E-state index in [2.05, 4.69) is 5.32 Å². The van der Waals surface area contributed by atoms with Crippen molar-refractivity contribution in [3.05, 3.63) is 35.9 Å². The van der Waals surface area contributed by atoms with Crippen LogP contribution in [0, 0.1) is 0 Å². The Labute approximate surface area is 141 Å². The first kappa shape index (κ1) is 19.6. The molecule has 0 aromatic heterocycles. The van der Waals surface area contributed by atoms with Gasteiger partial charge in [0.2, 0.25) is 11.8 Å². The van der Waals surface area contributed by atoms with Gasteiger partial charge in [-0.15, -0.1) is 0 Å². The van der Waals surface area contributed by atoms with Gasteiger partial charge in [-0.05, 0) is 5.56 Å². The van der Waals surface area contributed by atoms with Crippen molar-refractivity contribution in [2.45, 2.75) is 32.4 Å². The number of hydrogen-bond donors (Lipinski definition) is 2. The molecule has 1 rings (SSSR count). The molecular formula is C17H24N2O5. The monoisotopic (exact) mass is 336 g/mol. The molecule has 0 aliphatic carbocycles. The lowest BCUT2D eigenvalue weighted by Crippen LogP contribution is -2.43. The fourth-order valence-electron chi connectivity index (χ4n) is 2.15. The molecule has 0 saturated heterocycles. The highest BCUT2D eigenvalue weighted by Crippen LogP contribution is 2.06. The Bertz CT molecular complexity index is 547. The predicted molar refractivity (Wildman–Crippen MR) is 88.2 cm³/mol. The van der Waals surface area contributed by atoms with Crippen molar-refractivity contribution >= 4 is 17.8 Å². The summed E-state index contributed by atoms with van der Waals surface area (Å²) < 4.78 is 4.83. The van der Waals surface area contributed by atoms with Gasteiger partial charge in [-0.1, -0.05) is 30.3 Å². The summed E-state index contributed by atoms with van der Waals surface area (Å²) in [7, 11) is 1.47.